The summed E-state index contributed by atoms with van der Waals surface area (Å²) < 4.78 is 1.48. The lowest BCUT2D eigenvalue weighted by molar-refractivity contribution is -0.142. The van der Waals surface area contributed by atoms with Gasteiger partial charge in [0.05, 0.1) is 12.3 Å². The van der Waals surface area contributed by atoms with E-state index >= 15 is 0 Å². The highest BCUT2D eigenvalue weighted by Crippen LogP contribution is 2.27. The SMILES string of the molecule is CNC(=O)[C@@H]1C[C@@H](O)CN1C(=O)[C@H](C(C)C)n1cc(-c2ncccn2)nn1. The summed E-state index contributed by atoms with van der Waals surface area (Å²) in [5, 5.41) is 20.7. The van der Waals surface area contributed by atoms with Crippen molar-refractivity contribution in [1.82, 2.24) is 35.2 Å². The van der Waals surface area contributed by atoms with Gasteiger partial charge in [0.1, 0.15) is 17.8 Å². The average Bonchev–Trinajstić information content (AvgIpc) is 3.28. The minimum Gasteiger partial charge on any atom is -0.391 e. The van der Waals surface area contributed by atoms with Crippen molar-refractivity contribution >= 4 is 11.8 Å². The zero-order chi connectivity index (χ0) is 19.6. The average molecular weight is 373 g/mol. The van der Waals surface area contributed by atoms with Crippen molar-refractivity contribution in [3.63, 3.8) is 0 Å². The standard InChI is InChI=1S/C17H23N7O3/c1-10(2)14(17(27)23-8-11(25)7-13(23)16(26)18-3)24-9-12(21-22-24)15-19-5-4-6-20-15/h4-6,9-11,13-14,25H,7-8H2,1-3H3,(H,18,26)/t11-,13+,14+/m1/s1. The van der Waals surface area contributed by atoms with E-state index in [0.29, 0.717) is 11.5 Å². The molecule has 2 N–H and O–H groups in total. The predicted molar refractivity (Wildman–Crippen MR) is 95.1 cm³/mol. The maximum atomic E-state index is 13.2. The number of hydrogen-bond acceptors (Lipinski definition) is 7. The largest absolute Gasteiger partial charge is 0.391 e. The Hall–Kier alpha value is -2.88. The van der Waals surface area contributed by atoms with Gasteiger partial charge in [-0.3, -0.25) is 9.59 Å². The smallest absolute Gasteiger partial charge is 0.248 e. The first kappa shape index (κ1) is 18.9. The number of aliphatic hydroxyl groups is 1. The van der Waals surface area contributed by atoms with Crippen molar-refractivity contribution in [3.05, 3.63) is 24.7 Å². The number of rotatable bonds is 5. The summed E-state index contributed by atoms with van der Waals surface area (Å²) in [6.07, 6.45) is 4.32. The van der Waals surface area contributed by atoms with Crippen molar-refractivity contribution in [1.29, 1.82) is 0 Å². The summed E-state index contributed by atoms with van der Waals surface area (Å²) in [7, 11) is 1.51. The molecule has 27 heavy (non-hydrogen) atoms. The summed E-state index contributed by atoms with van der Waals surface area (Å²) in [6, 6.07) is 0.345. The second kappa shape index (κ2) is 7.78. The van der Waals surface area contributed by atoms with Crippen LogP contribution < -0.4 is 5.32 Å². The molecular weight excluding hydrogens is 350 g/mol. The van der Waals surface area contributed by atoms with Crippen LogP contribution in [0.2, 0.25) is 0 Å². The van der Waals surface area contributed by atoms with Gasteiger partial charge in [-0.2, -0.15) is 0 Å². The van der Waals surface area contributed by atoms with E-state index in [1.54, 1.807) is 24.7 Å². The Bertz CT molecular complexity index is 808. The van der Waals surface area contributed by atoms with Crippen LogP contribution in [-0.4, -0.2) is 72.5 Å². The molecule has 10 nitrogen and oxygen atoms in total. The van der Waals surface area contributed by atoms with Crippen LogP contribution in [0.4, 0.5) is 0 Å². The van der Waals surface area contributed by atoms with E-state index in [-0.39, 0.29) is 30.7 Å². The lowest BCUT2D eigenvalue weighted by atomic mass is 10.0. The van der Waals surface area contributed by atoms with E-state index < -0.39 is 18.2 Å². The van der Waals surface area contributed by atoms with Crippen LogP contribution >= 0.6 is 0 Å². The molecule has 1 aliphatic heterocycles. The molecule has 0 unspecified atom stereocenters. The Kier molecular flexibility index (Phi) is 5.45. The van der Waals surface area contributed by atoms with E-state index in [2.05, 4.69) is 25.6 Å². The fourth-order valence-electron chi connectivity index (χ4n) is 3.29. The Morgan fingerprint density at radius 2 is 2.00 bits per heavy atom. The van der Waals surface area contributed by atoms with Crippen LogP contribution in [-0.2, 0) is 9.59 Å². The van der Waals surface area contributed by atoms with Gasteiger partial charge in [0, 0.05) is 32.4 Å². The van der Waals surface area contributed by atoms with Crippen molar-refractivity contribution in [2.24, 2.45) is 5.92 Å². The molecule has 2 aromatic rings. The van der Waals surface area contributed by atoms with Gasteiger partial charge in [-0.05, 0) is 12.0 Å². The summed E-state index contributed by atoms with van der Waals surface area (Å²) in [5.74, 6) is -0.259. The molecule has 0 aliphatic carbocycles. The summed E-state index contributed by atoms with van der Waals surface area (Å²) in [5.41, 5.74) is 0.457. The number of likely N-dealkylation sites (tertiary alicyclic amines) is 1. The highest BCUT2D eigenvalue weighted by Gasteiger charge is 2.42. The molecule has 3 rings (SSSR count). The van der Waals surface area contributed by atoms with Gasteiger partial charge in [0.2, 0.25) is 11.8 Å². The van der Waals surface area contributed by atoms with Crippen LogP contribution in [0.15, 0.2) is 24.7 Å². The molecule has 3 heterocycles. The zero-order valence-electron chi connectivity index (χ0n) is 15.5. The Labute approximate surface area is 156 Å². The first-order valence-electron chi connectivity index (χ1n) is 8.81. The van der Waals surface area contributed by atoms with E-state index in [4.69, 9.17) is 0 Å². The van der Waals surface area contributed by atoms with E-state index in [1.165, 1.54) is 16.6 Å². The van der Waals surface area contributed by atoms with Crippen LogP contribution in [0, 0.1) is 5.92 Å². The molecule has 1 fully saturated rings. The lowest BCUT2D eigenvalue weighted by Gasteiger charge is -2.29. The third kappa shape index (κ3) is 3.80. The second-order valence-electron chi connectivity index (χ2n) is 6.86. The molecular formula is C17H23N7O3. The van der Waals surface area contributed by atoms with Gasteiger partial charge >= 0.3 is 0 Å². The van der Waals surface area contributed by atoms with Gasteiger partial charge in [-0.15, -0.1) is 5.10 Å². The number of carbonyl (C=O) groups excluding carboxylic acids is 2. The Morgan fingerprint density at radius 3 is 2.63 bits per heavy atom. The number of hydrogen-bond donors (Lipinski definition) is 2. The molecule has 2 amide bonds. The molecule has 144 valence electrons. The Balaban J connectivity index is 1.88. The van der Waals surface area contributed by atoms with Crippen molar-refractivity contribution in [2.75, 3.05) is 13.6 Å². The van der Waals surface area contributed by atoms with Gasteiger partial charge in [-0.25, -0.2) is 14.6 Å². The first-order chi connectivity index (χ1) is 12.9. The normalized spacial score (nSPS) is 20.7. The van der Waals surface area contributed by atoms with Crippen LogP contribution in [0.25, 0.3) is 11.5 Å². The summed E-state index contributed by atoms with van der Waals surface area (Å²) >= 11 is 0. The van der Waals surface area contributed by atoms with Crippen LogP contribution in [0.1, 0.15) is 26.3 Å². The predicted octanol–water partition coefficient (Wildman–Crippen LogP) is -0.360. The molecule has 2 aromatic heterocycles. The summed E-state index contributed by atoms with van der Waals surface area (Å²) in [4.78, 5) is 35.0. The maximum absolute atomic E-state index is 13.2. The molecule has 0 aromatic carbocycles. The number of nitrogens with one attached hydrogen (secondary N) is 1. The topological polar surface area (TPSA) is 126 Å². The van der Waals surface area contributed by atoms with E-state index in [9.17, 15) is 14.7 Å². The van der Waals surface area contributed by atoms with Crippen molar-refractivity contribution in [2.45, 2.75) is 38.5 Å². The van der Waals surface area contributed by atoms with Gasteiger partial charge in [0.15, 0.2) is 5.82 Å². The molecule has 1 aliphatic rings. The fraction of sp³-hybridized carbons (Fsp3) is 0.529. The zero-order valence-corrected chi connectivity index (χ0v) is 15.5. The number of nitrogens with zero attached hydrogens (tertiary/aromatic N) is 6. The molecule has 3 atom stereocenters. The van der Waals surface area contributed by atoms with Crippen molar-refractivity contribution in [3.8, 4) is 11.5 Å². The second-order valence-corrected chi connectivity index (χ2v) is 6.86. The number of carbonyl (C=O) groups is 2. The van der Waals surface area contributed by atoms with Gasteiger partial charge in [-0.1, -0.05) is 19.1 Å². The first-order valence-corrected chi connectivity index (χ1v) is 8.81. The molecule has 10 heteroatoms. The summed E-state index contributed by atoms with van der Waals surface area (Å²) in [6.45, 7) is 3.90. The quantitative estimate of drug-likeness (QED) is 0.733. The van der Waals surface area contributed by atoms with Gasteiger partial charge < -0.3 is 15.3 Å². The van der Waals surface area contributed by atoms with E-state index in [0.717, 1.165) is 0 Å². The monoisotopic (exact) mass is 373 g/mol. The number of aliphatic hydroxyl groups excluding tert-OH is 1. The molecule has 0 saturated carbocycles. The number of likely N-dealkylation sites (N-methyl/N-ethyl adjacent to an activating group) is 1. The van der Waals surface area contributed by atoms with Gasteiger partial charge in [0.25, 0.3) is 0 Å². The lowest BCUT2D eigenvalue weighted by Crippen LogP contribution is -2.48. The van der Waals surface area contributed by atoms with Crippen molar-refractivity contribution < 1.29 is 14.7 Å². The van der Waals surface area contributed by atoms with Crippen LogP contribution in [0.5, 0.6) is 0 Å². The van der Waals surface area contributed by atoms with E-state index in [1.807, 2.05) is 13.8 Å². The number of β-amino-alcohol motifs (C(OH)–C–C–N with tert-alkyl or cyclic N) is 1. The highest BCUT2D eigenvalue weighted by atomic mass is 16.3. The molecule has 0 radical (unpaired) electrons. The molecule has 0 bridgehead atoms. The minimum absolute atomic E-state index is 0.105. The minimum atomic E-state index is -0.729. The maximum Gasteiger partial charge on any atom is 0.248 e. The van der Waals surface area contributed by atoms with Crippen LogP contribution in [0.3, 0.4) is 0 Å². The number of aromatic nitrogens is 5. The highest BCUT2D eigenvalue weighted by molar-refractivity contribution is 5.89. The molecule has 1 saturated heterocycles. The third-order valence-electron chi connectivity index (χ3n) is 4.59. The number of amides is 2. The fourth-order valence-corrected chi connectivity index (χ4v) is 3.29. The third-order valence-corrected chi connectivity index (χ3v) is 4.59. The Morgan fingerprint density at radius 1 is 1.30 bits per heavy atom. The molecule has 0 spiro atoms.